The van der Waals surface area contributed by atoms with E-state index in [9.17, 15) is 13.6 Å². The maximum Gasteiger partial charge on any atom is 0.226 e. The Kier molecular flexibility index (Phi) is 5.04. The van der Waals surface area contributed by atoms with Crippen molar-refractivity contribution in [1.82, 2.24) is 0 Å². The summed E-state index contributed by atoms with van der Waals surface area (Å²) < 4.78 is 26.1. The highest BCUT2D eigenvalue weighted by Gasteiger charge is 2.07. The molecule has 0 saturated heterocycles. The topological polar surface area (TPSA) is 64.9 Å². The lowest BCUT2D eigenvalue weighted by molar-refractivity contribution is -0.116. The lowest BCUT2D eigenvalue weighted by Crippen LogP contribution is -2.17. The van der Waals surface area contributed by atoms with E-state index in [4.69, 9.17) is 5.26 Å². The van der Waals surface area contributed by atoms with Crippen molar-refractivity contribution < 1.29 is 13.6 Å². The average molecular weight is 301 g/mol. The number of hydrogen-bond acceptors (Lipinski definition) is 3. The largest absolute Gasteiger partial charge is 0.385 e. The highest BCUT2D eigenvalue weighted by molar-refractivity contribution is 5.91. The van der Waals surface area contributed by atoms with Crippen LogP contribution in [0, 0.1) is 23.0 Å². The Labute approximate surface area is 126 Å². The van der Waals surface area contributed by atoms with E-state index in [0.717, 1.165) is 11.8 Å². The van der Waals surface area contributed by atoms with Crippen molar-refractivity contribution in [3.05, 3.63) is 59.7 Å². The van der Waals surface area contributed by atoms with Gasteiger partial charge in [0.1, 0.15) is 11.6 Å². The van der Waals surface area contributed by atoms with Gasteiger partial charge in [0.2, 0.25) is 5.91 Å². The van der Waals surface area contributed by atoms with E-state index in [1.807, 2.05) is 6.07 Å². The van der Waals surface area contributed by atoms with E-state index >= 15 is 0 Å². The number of carbonyl (C=O) groups excluding carboxylic acids is 1. The van der Waals surface area contributed by atoms with Crippen LogP contribution in [0.1, 0.15) is 12.0 Å². The fourth-order valence-electron chi connectivity index (χ4n) is 1.79. The van der Waals surface area contributed by atoms with Gasteiger partial charge in [0.25, 0.3) is 0 Å². The smallest absolute Gasteiger partial charge is 0.226 e. The van der Waals surface area contributed by atoms with Crippen LogP contribution in [0.3, 0.4) is 0 Å². The van der Waals surface area contributed by atoms with Crippen molar-refractivity contribution in [2.24, 2.45) is 0 Å². The summed E-state index contributed by atoms with van der Waals surface area (Å²) in [5.74, 6) is -1.89. The first-order valence-corrected chi connectivity index (χ1v) is 6.57. The molecule has 0 saturated carbocycles. The van der Waals surface area contributed by atoms with Crippen LogP contribution in [0.4, 0.5) is 20.2 Å². The first kappa shape index (κ1) is 15.4. The van der Waals surface area contributed by atoms with Crippen LogP contribution in [-0.4, -0.2) is 12.5 Å². The summed E-state index contributed by atoms with van der Waals surface area (Å²) >= 11 is 0. The molecule has 0 aliphatic heterocycles. The molecule has 0 bridgehead atoms. The number of nitriles is 1. The molecule has 0 heterocycles. The van der Waals surface area contributed by atoms with Crippen molar-refractivity contribution >= 4 is 17.3 Å². The van der Waals surface area contributed by atoms with E-state index in [2.05, 4.69) is 10.6 Å². The van der Waals surface area contributed by atoms with Gasteiger partial charge >= 0.3 is 0 Å². The Morgan fingerprint density at radius 3 is 2.50 bits per heavy atom. The monoisotopic (exact) mass is 301 g/mol. The molecule has 0 aliphatic carbocycles. The van der Waals surface area contributed by atoms with E-state index < -0.39 is 11.6 Å². The predicted octanol–water partition coefficient (Wildman–Crippen LogP) is 3.28. The zero-order valence-electron chi connectivity index (χ0n) is 11.6. The first-order valence-electron chi connectivity index (χ1n) is 6.57. The fraction of sp³-hybridized carbons (Fsp3) is 0.125. The summed E-state index contributed by atoms with van der Waals surface area (Å²) in [6.07, 6.45) is 0.122. The van der Waals surface area contributed by atoms with E-state index in [0.29, 0.717) is 18.2 Å². The molecule has 0 atom stereocenters. The maximum absolute atomic E-state index is 13.4. The highest BCUT2D eigenvalue weighted by Crippen LogP contribution is 2.15. The molecule has 2 N–H and O–H groups in total. The second kappa shape index (κ2) is 7.18. The summed E-state index contributed by atoms with van der Waals surface area (Å²) in [5.41, 5.74) is 1.28. The standard InChI is InChI=1S/C16H13F2N3O/c17-12-3-6-15(14(18)9-12)21-16(22)7-8-20-13-4-1-11(10-19)2-5-13/h1-6,9,20H,7-8H2,(H,21,22). The van der Waals surface area contributed by atoms with Crippen LogP contribution >= 0.6 is 0 Å². The van der Waals surface area contributed by atoms with Gasteiger partial charge in [0, 0.05) is 24.7 Å². The first-order chi connectivity index (χ1) is 10.6. The van der Waals surface area contributed by atoms with Gasteiger partial charge in [-0.3, -0.25) is 4.79 Å². The number of halogens is 2. The number of anilines is 2. The molecule has 0 spiro atoms. The molecule has 0 radical (unpaired) electrons. The molecule has 2 aromatic carbocycles. The molecule has 0 aliphatic rings. The van der Waals surface area contributed by atoms with E-state index in [1.165, 1.54) is 6.07 Å². The molecule has 0 fully saturated rings. The minimum Gasteiger partial charge on any atom is -0.385 e. The molecule has 4 nitrogen and oxygen atoms in total. The summed E-state index contributed by atoms with van der Waals surface area (Å²) in [6.45, 7) is 0.348. The Hall–Kier alpha value is -2.94. The molecular weight excluding hydrogens is 288 g/mol. The molecule has 1 amide bonds. The molecule has 0 aromatic heterocycles. The number of carbonyl (C=O) groups is 1. The summed E-state index contributed by atoms with van der Waals surface area (Å²) in [4.78, 5) is 11.7. The van der Waals surface area contributed by atoms with Gasteiger partial charge in [-0.25, -0.2) is 8.78 Å². The van der Waals surface area contributed by atoms with Gasteiger partial charge in [-0.15, -0.1) is 0 Å². The summed E-state index contributed by atoms with van der Waals surface area (Å²) in [7, 11) is 0. The quantitative estimate of drug-likeness (QED) is 0.890. The van der Waals surface area contributed by atoms with Gasteiger partial charge in [-0.1, -0.05) is 0 Å². The normalized spacial score (nSPS) is 9.86. The third-order valence-electron chi connectivity index (χ3n) is 2.90. The van der Waals surface area contributed by atoms with Crippen LogP contribution in [0.15, 0.2) is 42.5 Å². The van der Waals surface area contributed by atoms with Crippen LogP contribution in [-0.2, 0) is 4.79 Å². The minimum atomic E-state index is -0.812. The van der Waals surface area contributed by atoms with Crippen LogP contribution in [0.5, 0.6) is 0 Å². The number of rotatable bonds is 5. The van der Waals surface area contributed by atoms with Gasteiger partial charge < -0.3 is 10.6 Å². The van der Waals surface area contributed by atoms with Gasteiger partial charge in [-0.05, 0) is 36.4 Å². The molecule has 6 heteroatoms. The number of nitrogens with one attached hydrogen (secondary N) is 2. The predicted molar refractivity (Wildman–Crippen MR) is 79.3 cm³/mol. The SMILES string of the molecule is N#Cc1ccc(NCCC(=O)Nc2ccc(F)cc2F)cc1. The van der Waals surface area contributed by atoms with Crippen molar-refractivity contribution in [3.63, 3.8) is 0 Å². The second-order valence-corrected chi connectivity index (χ2v) is 4.54. The van der Waals surface area contributed by atoms with Crippen molar-refractivity contribution in [1.29, 1.82) is 5.26 Å². The number of amides is 1. The molecule has 22 heavy (non-hydrogen) atoms. The van der Waals surface area contributed by atoms with Gasteiger partial charge in [-0.2, -0.15) is 5.26 Å². The van der Waals surface area contributed by atoms with Crippen molar-refractivity contribution in [3.8, 4) is 6.07 Å². The number of hydrogen-bond donors (Lipinski definition) is 2. The van der Waals surface area contributed by atoms with Crippen LogP contribution < -0.4 is 10.6 Å². The lowest BCUT2D eigenvalue weighted by atomic mass is 10.2. The third kappa shape index (κ3) is 4.28. The lowest BCUT2D eigenvalue weighted by Gasteiger charge is -2.08. The number of benzene rings is 2. The fourth-order valence-corrected chi connectivity index (χ4v) is 1.79. The maximum atomic E-state index is 13.4. The van der Waals surface area contributed by atoms with E-state index in [-0.39, 0.29) is 18.0 Å². The second-order valence-electron chi connectivity index (χ2n) is 4.54. The Balaban J connectivity index is 1.81. The molecular formula is C16H13F2N3O. The van der Waals surface area contributed by atoms with Gasteiger partial charge in [0.15, 0.2) is 0 Å². The average Bonchev–Trinajstić information content (AvgIpc) is 2.51. The van der Waals surface area contributed by atoms with Crippen LogP contribution in [0.2, 0.25) is 0 Å². The summed E-state index contributed by atoms with van der Waals surface area (Å²) in [6, 6.07) is 11.8. The Bertz CT molecular complexity index is 708. The molecule has 2 aromatic rings. The zero-order valence-corrected chi connectivity index (χ0v) is 11.6. The van der Waals surface area contributed by atoms with Crippen molar-refractivity contribution in [2.75, 3.05) is 17.2 Å². The van der Waals surface area contributed by atoms with Crippen LogP contribution in [0.25, 0.3) is 0 Å². The Morgan fingerprint density at radius 2 is 1.86 bits per heavy atom. The Morgan fingerprint density at radius 1 is 1.14 bits per heavy atom. The minimum absolute atomic E-state index is 0.0511. The zero-order chi connectivity index (χ0) is 15.9. The molecule has 112 valence electrons. The summed E-state index contributed by atoms with van der Waals surface area (Å²) in [5, 5.41) is 14.1. The molecule has 0 unspecified atom stereocenters. The highest BCUT2D eigenvalue weighted by atomic mass is 19.1. The number of nitrogens with zero attached hydrogens (tertiary/aromatic N) is 1. The van der Waals surface area contributed by atoms with Crippen molar-refractivity contribution in [2.45, 2.75) is 6.42 Å². The van der Waals surface area contributed by atoms with Gasteiger partial charge in [0.05, 0.1) is 17.3 Å². The third-order valence-corrected chi connectivity index (χ3v) is 2.90. The van der Waals surface area contributed by atoms with E-state index in [1.54, 1.807) is 24.3 Å². The molecule has 2 rings (SSSR count).